The van der Waals surface area contributed by atoms with E-state index in [1.54, 1.807) is 0 Å². The summed E-state index contributed by atoms with van der Waals surface area (Å²) in [6.45, 7) is -0.917. The summed E-state index contributed by atoms with van der Waals surface area (Å²) in [7, 11) is 0. The van der Waals surface area contributed by atoms with Gasteiger partial charge in [0.25, 0.3) is 0 Å². The lowest BCUT2D eigenvalue weighted by atomic mass is 9.96. The van der Waals surface area contributed by atoms with E-state index in [2.05, 4.69) is 0 Å². The molecule has 0 amide bonds. The number of rotatable bonds is 21. The zero-order chi connectivity index (χ0) is 60.8. The summed E-state index contributed by atoms with van der Waals surface area (Å²) in [6, 6.07) is 0. The van der Waals surface area contributed by atoms with Crippen molar-refractivity contribution in [1.82, 2.24) is 0 Å². The maximum Gasteiger partial charge on any atom is 0.303 e. The van der Waals surface area contributed by atoms with Crippen LogP contribution in [0.5, 0.6) is 0 Å². The second-order valence-corrected chi connectivity index (χ2v) is 19.8. The maximum absolute atomic E-state index is 12.8. The lowest BCUT2D eigenvalue weighted by molar-refractivity contribution is -0.373. The van der Waals surface area contributed by atoms with Gasteiger partial charge >= 0.3 is 29.8 Å². The van der Waals surface area contributed by atoms with Crippen molar-refractivity contribution in [3.63, 3.8) is 0 Å². The number of carbonyl (C=O) groups is 5. The third-order valence-corrected chi connectivity index (χ3v) is 13.8. The molecule has 0 aromatic heterocycles. The molecule has 0 aliphatic carbocycles. The molecule has 30 atom stereocenters. The lowest BCUT2D eigenvalue weighted by Gasteiger charge is -2.48. The van der Waals surface area contributed by atoms with Crippen LogP contribution in [0.15, 0.2) is 0 Å². The maximum atomic E-state index is 12.8. The smallest absolute Gasteiger partial charge is 0.303 e. The fourth-order valence-corrected chi connectivity index (χ4v) is 9.75. The predicted octanol–water partition coefficient (Wildman–Crippen LogP) is -11.2. The molecule has 472 valence electrons. The van der Waals surface area contributed by atoms with Crippen LogP contribution in [-0.2, 0) is 99.8 Å². The Morgan fingerprint density at radius 2 is 0.610 bits per heavy atom. The van der Waals surface area contributed by atoms with E-state index >= 15 is 0 Å². The van der Waals surface area contributed by atoms with E-state index in [1.807, 2.05) is 0 Å². The molecule has 0 unspecified atom stereocenters. The monoisotopic (exact) mass is 1200 g/mol. The van der Waals surface area contributed by atoms with Gasteiger partial charge in [-0.1, -0.05) is 0 Å². The van der Waals surface area contributed by atoms with Crippen molar-refractivity contribution >= 4 is 29.8 Å². The Balaban J connectivity index is 1.26. The van der Waals surface area contributed by atoms with Crippen LogP contribution in [0.2, 0.25) is 0 Å². The highest BCUT2D eigenvalue weighted by Crippen LogP contribution is 2.36. The highest BCUT2D eigenvalue weighted by atomic mass is 16.8. The van der Waals surface area contributed by atoms with Crippen molar-refractivity contribution in [1.29, 1.82) is 0 Å². The van der Waals surface area contributed by atoms with Gasteiger partial charge in [-0.15, -0.1) is 0 Å². The summed E-state index contributed by atoms with van der Waals surface area (Å²) in [4.78, 5) is 60.8. The van der Waals surface area contributed by atoms with Gasteiger partial charge in [-0.25, -0.2) is 0 Å². The summed E-state index contributed by atoms with van der Waals surface area (Å²) in [5.41, 5.74) is 0. The first-order valence-electron chi connectivity index (χ1n) is 25.6. The Labute approximate surface area is 464 Å². The molecule has 6 fully saturated rings. The van der Waals surface area contributed by atoms with Gasteiger partial charge in [0.05, 0.1) is 39.6 Å². The Morgan fingerprint density at radius 1 is 0.293 bits per heavy atom. The zero-order valence-electron chi connectivity index (χ0n) is 44.3. The van der Waals surface area contributed by atoms with E-state index < -0.39 is 254 Å². The van der Waals surface area contributed by atoms with E-state index in [-0.39, 0.29) is 0 Å². The van der Waals surface area contributed by atoms with Gasteiger partial charge in [-0.2, -0.15) is 0 Å². The van der Waals surface area contributed by atoms with Crippen molar-refractivity contribution in [3.8, 4) is 0 Å². The predicted molar refractivity (Wildman–Crippen MR) is 247 cm³/mol. The Bertz CT molecular complexity index is 2090. The van der Waals surface area contributed by atoms with Gasteiger partial charge in [0.2, 0.25) is 0 Å². The van der Waals surface area contributed by atoms with E-state index in [9.17, 15) is 101 Å². The molecule has 82 heavy (non-hydrogen) atoms. The van der Waals surface area contributed by atoms with Crippen molar-refractivity contribution in [3.05, 3.63) is 0 Å². The largest absolute Gasteiger partial charge is 0.457 e. The molecule has 0 radical (unpaired) electrons. The quantitative estimate of drug-likeness (QED) is 0.0375. The van der Waals surface area contributed by atoms with Crippen molar-refractivity contribution in [2.75, 3.05) is 39.6 Å². The molecule has 15 N–H and O–H groups in total. The summed E-state index contributed by atoms with van der Waals surface area (Å²) in [5.74, 6) is -5.10. The zero-order valence-corrected chi connectivity index (χ0v) is 44.3. The number of aliphatic hydroxyl groups excluding tert-OH is 15. The van der Waals surface area contributed by atoms with Gasteiger partial charge in [0, 0.05) is 34.6 Å². The van der Waals surface area contributed by atoms with Gasteiger partial charge in [-0.3, -0.25) is 24.0 Å². The number of ether oxygens (including phenoxy) is 16. The minimum Gasteiger partial charge on any atom is -0.457 e. The molecular formula is C46H72O36. The van der Waals surface area contributed by atoms with Gasteiger partial charge < -0.3 is 152 Å². The van der Waals surface area contributed by atoms with Crippen molar-refractivity contribution in [2.45, 2.75) is 219 Å². The van der Waals surface area contributed by atoms with E-state index in [1.165, 1.54) is 0 Å². The second kappa shape index (κ2) is 29.6. The molecule has 0 aromatic rings. The average Bonchev–Trinajstić information content (AvgIpc) is 3.62. The standard InChI is InChI=1S/C46H72O36/c1-12(50)70-34-18(7-48)77-42(31(63)28(34)60)67-10-22-26(58)38(82-45-32(64)29(61)35(71-13(2)51)19(8-49)78-45)40(74-16(5)54)46(80-22)69-11-21-24(56)36(72-14(3)52)33(65)43(79-21)68-9-20-25(57)37(39(41(66)75-20)73-15(4)53)81-44-30(62)27(59)23(55)17(6-47)76-44/h17-49,55-66H,6-11H2,1-5H3/t17-,18-,19-,20-,21-,22-,23-,24-,25-,26-,27+,28-,29-,30+,31+,32+,33+,34-,35-,36+,37+,38+,39+,40+,41+,42+,43+,44-,45-,46+/m1/s1. The molecule has 6 aliphatic heterocycles. The van der Waals surface area contributed by atoms with Crippen molar-refractivity contribution in [2.24, 2.45) is 0 Å². The van der Waals surface area contributed by atoms with Crippen LogP contribution in [0.1, 0.15) is 34.6 Å². The molecule has 0 bridgehead atoms. The van der Waals surface area contributed by atoms with Crippen LogP contribution >= 0.6 is 0 Å². The molecule has 6 heterocycles. The van der Waals surface area contributed by atoms with E-state index in [4.69, 9.17) is 75.8 Å². The SMILES string of the molecule is CC(=O)O[C@@H]1[C@H](O)[C@@H](OC[C@H]2O[C@H](O)[C@@H](OC(C)=O)[C@@H](O[C@H]3O[C@H](CO)[C@@H](O)[C@H](O)[C@@H]3O)[C@@H]2O)O[C@H](CO[C@H]2O[C@H](CO[C@H]3O[C@H](CO)[C@@H](OC(C)=O)[C@H](O)[C@@H]3O)[C@@H](O)[C@H](O[C@H]3O[C@H](CO)[C@@H](OC(C)=O)[C@H](O)[C@@H]3O)[C@@H]2OC(C)=O)[C@H]1O. The van der Waals surface area contributed by atoms with Crippen LogP contribution in [0.3, 0.4) is 0 Å². The third-order valence-electron chi connectivity index (χ3n) is 13.8. The summed E-state index contributed by atoms with van der Waals surface area (Å²) in [6.07, 6.45) is -57.7. The van der Waals surface area contributed by atoms with Crippen molar-refractivity contribution < 1.29 is 176 Å². The van der Waals surface area contributed by atoms with Crippen LogP contribution < -0.4 is 0 Å². The van der Waals surface area contributed by atoms with Crippen LogP contribution in [0.4, 0.5) is 0 Å². The Hall–Kier alpha value is -3.69. The highest BCUT2D eigenvalue weighted by Gasteiger charge is 2.57. The van der Waals surface area contributed by atoms with E-state index in [0.29, 0.717) is 0 Å². The number of hydrogen-bond acceptors (Lipinski definition) is 36. The molecule has 36 nitrogen and oxygen atoms in total. The number of esters is 5. The molecule has 6 rings (SSSR count). The number of aliphatic hydroxyl groups is 15. The Kier molecular flexibility index (Phi) is 24.3. The normalized spacial score (nSPS) is 45.3. The minimum absolute atomic E-state index is 0.887. The molecule has 6 saturated heterocycles. The van der Waals surface area contributed by atoms with Crippen LogP contribution in [-0.4, -0.2) is 330 Å². The second-order valence-electron chi connectivity index (χ2n) is 19.8. The Morgan fingerprint density at radius 3 is 1.07 bits per heavy atom. The third kappa shape index (κ3) is 15.8. The molecule has 0 saturated carbocycles. The molecular weight excluding hydrogens is 1130 g/mol. The first kappa shape index (κ1) is 67.4. The topological polar surface area (TPSA) is 536 Å². The number of hydrogen-bond donors (Lipinski definition) is 15. The van der Waals surface area contributed by atoms with Gasteiger partial charge in [0.15, 0.2) is 68.3 Å². The van der Waals surface area contributed by atoms with Gasteiger partial charge in [0.1, 0.15) is 116 Å². The first-order valence-corrected chi connectivity index (χ1v) is 25.6. The average molecular weight is 1200 g/mol. The highest BCUT2D eigenvalue weighted by molar-refractivity contribution is 5.67. The summed E-state index contributed by atoms with van der Waals surface area (Å²) >= 11 is 0. The summed E-state index contributed by atoms with van der Waals surface area (Å²) in [5, 5.41) is 162. The van der Waals surface area contributed by atoms with E-state index in [0.717, 1.165) is 34.6 Å². The van der Waals surface area contributed by atoms with Crippen LogP contribution in [0, 0.1) is 0 Å². The molecule has 6 aliphatic rings. The van der Waals surface area contributed by atoms with Crippen LogP contribution in [0.25, 0.3) is 0 Å². The number of carbonyl (C=O) groups excluding carboxylic acids is 5. The fraction of sp³-hybridized carbons (Fsp3) is 0.891. The lowest BCUT2D eigenvalue weighted by Crippen LogP contribution is -2.66. The minimum atomic E-state index is -2.17. The fourth-order valence-electron chi connectivity index (χ4n) is 9.75. The molecule has 36 heteroatoms. The van der Waals surface area contributed by atoms with Gasteiger partial charge in [-0.05, 0) is 0 Å². The summed E-state index contributed by atoms with van der Waals surface area (Å²) < 4.78 is 88.8. The molecule has 0 spiro atoms. The first-order chi connectivity index (χ1) is 38.6. The molecule has 0 aromatic carbocycles.